The largest absolute Gasteiger partial charge is 0.381 e. The van der Waals surface area contributed by atoms with E-state index in [9.17, 15) is 0 Å². The molecule has 0 saturated carbocycles. The Morgan fingerprint density at radius 1 is 0.947 bits per heavy atom. The van der Waals surface area contributed by atoms with Crippen LogP contribution in [0.2, 0.25) is 0 Å². The highest BCUT2D eigenvalue weighted by Crippen LogP contribution is 2.24. The molecule has 0 unspecified atom stereocenters. The molecule has 0 radical (unpaired) electrons. The summed E-state index contributed by atoms with van der Waals surface area (Å²) in [6.45, 7) is 3.16. The summed E-state index contributed by atoms with van der Waals surface area (Å²) in [5.74, 6) is 0.587. The van der Waals surface area contributed by atoms with Gasteiger partial charge < -0.3 is 9.47 Å². The summed E-state index contributed by atoms with van der Waals surface area (Å²) < 4.78 is 11.0. The fourth-order valence-electron chi connectivity index (χ4n) is 2.26. The van der Waals surface area contributed by atoms with E-state index in [1.54, 1.807) is 0 Å². The van der Waals surface area contributed by atoms with E-state index in [2.05, 4.69) is 48.5 Å². The summed E-state index contributed by atoms with van der Waals surface area (Å²) in [5.41, 5.74) is 3.75. The minimum absolute atomic E-state index is 0.587. The number of ether oxygens (including phenoxy) is 2. The van der Waals surface area contributed by atoms with Crippen molar-refractivity contribution in [1.29, 1.82) is 0 Å². The van der Waals surface area contributed by atoms with Crippen LogP contribution in [0.4, 0.5) is 0 Å². The van der Waals surface area contributed by atoms with Gasteiger partial charge in [-0.05, 0) is 16.7 Å². The molecule has 1 heterocycles. The van der Waals surface area contributed by atoms with E-state index in [0.717, 1.165) is 19.8 Å². The summed E-state index contributed by atoms with van der Waals surface area (Å²) in [6.07, 6.45) is 0. The third-order valence-electron chi connectivity index (χ3n) is 3.42. The summed E-state index contributed by atoms with van der Waals surface area (Å²) in [6, 6.07) is 18.9. The molecule has 1 aliphatic rings. The molecule has 2 aromatic rings. The minimum Gasteiger partial charge on any atom is -0.381 e. The smallest absolute Gasteiger partial charge is 0.0723 e. The fourth-order valence-corrected chi connectivity index (χ4v) is 2.26. The Labute approximate surface area is 114 Å². The summed E-state index contributed by atoms with van der Waals surface area (Å²) in [5, 5.41) is 0. The monoisotopic (exact) mass is 254 g/mol. The molecule has 0 atom stereocenters. The Hall–Kier alpha value is -1.64. The molecule has 0 amide bonds. The van der Waals surface area contributed by atoms with Gasteiger partial charge >= 0.3 is 0 Å². The summed E-state index contributed by atoms with van der Waals surface area (Å²) in [7, 11) is 0. The van der Waals surface area contributed by atoms with E-state index >= 15 is 0 Å². The van der Waals surface area contributed by atoms with Gasteiger partial charge in [0, 0.05) is 5.92 Å². The second-order valence-corrected chi connectivity index (χ2v) is 4.94. The van der Waals surface area contributed by atoms with Gasteiger partial charge in [0.1, 0.15) is 0 Å². The van der Waals surface area contributed by atoms with Crippen molar-refractivity contribution in [1.82, 2.24) is 0 Å². The van der Waals surface area contributed by atoms with Crippen LogP contribution in [0.25, 0.3) is 11.1 Å². The van der Waals surface area contributed by atoms with E-state index in [1.165, 1.54) is 16.7 Å². The van der Waals surface area contributed by atoms with Crippen molar-refractivity contribution in [2.24, 2.45) is 5.92 Å². The third-order valence-corrected chi connectivity index (χ3v) is 3.42. The van der Waals surface area contributed by atoms with E-state index in [0.29, 0.717) is 12.5 Å². The zero-order valence-corrected chi connectivity index (χ0v) is 10.9. The van der Waals surface area contributed by atoms with Crippen LogP contribution in [0, 0.1) is 5.92 Å². The molecule has 1 fully saturated rings. The van der Waals surface area contributed by atoms with Crippen molar-refractivity contribution in [3.8, 4) is 11.1 Å². The van der Waals surface area contributed by atoms with Crippen molar-refractivity contribution < 1.29 is 9.47 Å². The lowest BCUT2D eigenvalue weighted by molar-refractivity contribution is -0.0745. The van der Waals surface area contributed by atoms with E-state index in [1.807, 2.05) is 6.07 Å². The third kappa shape index (κ3) is 3.03. The van der Waals surface area contributed by atoms with Crippen molar-refractivity contribution in [3.63, 3.8) is 0 Å². The van der Waals surface area contributed by atoms with Gasteiger partial charge in [0.15, 0.2) is 0 Å². The molecule has 19 heavy (non-hydrogen) atoms. The zero-order chi connectivity index (χ0) is 12.9. The van der Waals surface area contributed by atoms with Crippen LogP contribution in [0.3, 0.4) is 0 Å². The second kappa shape index (κ2) is 6.00. The van der Waals surface area contributed by atoms with Gasteiger partial charge in [-0.3, -0.25) is 0 Å². The quantitative estimate of drug-likeness (QED) is 0.812. The maximum Gasteiger partial charge on any atom is 0.0723 e. The first-order valence-corrected chi connectivity index (χ1v) is 6.72. The first-order chi connectivity index (χ1) is 9.43. The van der Waals surface area contributed by atoms with Crippen molar-refractivity contribution in [2.75, 3.05) is 19.8 Å². The van der Waals surface area contributed by atoms with Gasteiger partial charge in [0.05, 0.1) is 26.4 Å². The Morgan fingerprint density at radius 3 is 2.42 bits per heavy atom. The SMILES string of the molecule is c1ccc(-c2ccccc2COCC2COC2)cc1. The molecule has 0 bridgehead atoms. The molecule has 1 saturated heterocycles. The van der Waals surface area contributed by atoms with Crippen LogP contribution < -0.4 is 0 Å². The molecular formula is C17H18O2. The van der Waals surface area contributed by atoms with E-state index < -0.39 is 0 Å². The van der Waals surface area contributed by atoms with Crippen LogP contribution in [0.15, 0.2) is 54.6 Å². The predicted octanol–water partition coefficient (Wildman–Crippen LogP) is 3.52. The van der Waals surface area contributed by atoms with Crippen LogP contribution in [0.5, 0.6) is 0 Å². The average Bonchev–Trinajstić information content (AvgIpc) is 2.43. The molecule has 0 aromatic heterocycles. The highest BCUT2D eigenvalue weighted by Gasteiger charge is 2.18. The summed E-state index contributed by atoms with van der Waals surface area (Å²) >= 11 is 0. The molecule has 3 rings (SSSR count). The maximum atomic E-state index is 5.81. The van der Waals surface area contributed by atoms with E-state index in [4.69, 9.17) is 9.47 Å². The standard InChI is InChI=1S/C17H18O2/c1-2-6-15(7-3-1)17-9-5-4-8-16(17)13-19-12-14-10-18-11-14/h1-9,14H,10-13H2. The molecule has 1 aliphatic heterocycles. The fraction of sp³-hybridized carbons (Fsp3) is 0.294. The van der Waals surface area contributed by atoms with Gasteiger partial charge in [0.2, 0.25) is 0 Å². The number of hydrogen-bond donors (Lipinski definition) is 0. The lowest BCUT2D eigenvalue weighted by atomic mass is 10.0. The molecule has 2 aromatic carbocycles. The molecule has 0 spiro atoms. The lowest BCUT2D eigenvalue weighted by Crippen LogP contribution is -2.31. The molecular weight excluding hydrogens is 236 g/mol. The zero-order valence-electron chi connectivity index (χ0n) is 10.9. The van der Waals surface area contributed by atoms with Crippen molar-refractivity contribution in [3.05, 3.63) is 60.2 Å². The van der Waals surface area contributed by atoms with E-state index in [-0.39, 0.29) is 0 Å². The number of benzene rings is 2. The highest BCUT2D eigenvalue weighted by atomic mass is 16.5. The summed E-state index contributed by atoms with van der Waals surface area (Å²) in [4.78, 5) is 0. The van der Waals surface area contributed by atoms with Crippen LogP contribution >= 0.6 is 0 Å². The predicted molar refractivity (Wildman–Crippen MR) is 75.8 cm³/mol. The van der Waals surface area contributed by atoms with Gasteiger partial charge in [-0.1, -0.05) is 54.6 Å². The van der Waals surface area contributed by atoms with Gasteiger partial charge in [0.25, 0.3) is 0 Å². The number of hydrogen-bond acceptors (Lipinski definition) is 2. The van der Waals surface area contributed by atoms with Gasteiger partial charge in [-0.15, -0.1) is 0 Å². The van der Waals surface area contributed by atoms with Crippen molar-refractivity contribution >= 4 is 0 Å². The molecule has 98 valence electrons. The average molecular weight is 254 g/mol. The number of rotatable bonds is 5. The Morgan fingerprint density at radius 2 is 1.68 bits per heavy atom. The maximum absolute atomic E-state index is 5.81. The molecule has 2 heteroatoms. The molecule has 2 nitrogen and oxygen atoms in total. The minimum atomic E-state index is 0.587. The topological polar surface area (TPSA) is 18.5 Å². The van der Waals surface area contributed by atoms with Crippen molar-refractivity contribution in [2.45, 2.75) is 6.61 Å². The Bertz CT molecular complexity index is 518. The highest BCUT2D eigenvalue weighted by molar-refractivity contribution is 5.66. The Balaban J connectivity index is 1.70. The van der Waals surface area contributed by atoms with Crippen LogP contribution in [-0.2, 0) is 16.1 Å². The van der Waals surface area contributed by atoms with Gasteiger partial charge in [-0.2, -0.15) is 0 Å². The first kappa shape index (κ1) is 12.4. The Kier molecular flexibility index (Phi) is 3.92. The normalized spacial score (nSPS) is 15.2. The lowest BCUT2D eigenvalue weighted by Gasteiger charge is -2.25. The molecule has 0 N–H and O–H groups in total. The molecule has 0 aliphatic carbocycles. The van der Waals surface area contributed by atoms with Crippen LogP contribution in [-0.4, -0.2) is 19.8 Å². The van der Waals surface area contributed by atoms with Gasteiger partial charge in [-0.25, -0.2) is 0 Å². The van der Waals surface area contributed by atoms with Crippen LogP contribution in [0.1, 0.15) is 5.56 Å². The second-order valence-electron chi connectivity index (χ2n) is 4.94. The first-order valence-electron chi connectivity index (χ1n) is 6.72.